The zero-order valence-electron chi connectivity index (χ0n) is 11.2. The van der Waals surface area contributed by atoms with Gasteiger partial charge in [-0.3, -0.25) is 4.79 Å². The SMILES string of the molecule is CC1CCCC(NC(=O)c2cc(Cl)ccc2O)CC1. The smallest absolute Gasteiger partial charge is 0.255 e. The Bertz CT molecular complexity index is 461. The number of hydrogen-bond acceptors (Lipinski definition) is 2. The van der Waals surface area contributed by atoms with Crippen molar-refractivity contribution in [3.05, 3.63) is 28.8 Å². The summed E-state index contributed by atoms with van der Waals surface area (Å²) < 4.78 is 0. The number of nitrogens with one attached hydrogen (secondary N) is 1. The van der Waals surface area contributed by atoms with Crippen molar-refractivity contribution in [2.45, 2.75) is 45.1 Å². The number of aromatic hydroxyl groups is 1. The van der Waals surface area contributed by atoms with Crippen molar-refractivity contribution in [3.63, 3.8) is 0 Å². The molecular weight excluding hydrogens is 262 g/mol. The quantitative estimate of drug-likeness (QED) is 0.811. The van der Waals surface area contributed by atoms with E-state index in [4.69, 9.17) is 11.6 Å². The summed E-state index contributed by atoms with van der Waals surface area (Å²) in [5.41, 5.74) is 0.254. The van der Waals surface area contributed by atoms with Crippen LogP contribution in [0.15, 0.2) is 18.2 Å². The molecule has 1 aromatic rings. The molecular formula is C15H20ClNO2. The second-order valence-electron chi connectivity index (χ2n) is 5.45. The molecule has 0 spiro atoms. The maximum Gasteiger partial charge on any atom is 0.255 e. The zero-order chi connectivity index (χ0) is 13.8. The molecule has 4 heteroatoms. The Kier molecular flexibility index (Phi) is 4.70. The lowest BCUT2D eigenvalue weighted by Crippen LogP contribution is -2.34. The lowest BCUT2D eigenvalue weighted by Gasteiger charge is -2.17. The van der Waals surface area contributed by atoms with Gasteiger partial charge in [-0.1, -0.05) is 31.4 Å². The minimum absolute atomic E-state index is 0.0242. The van der Waals surface area contributed by atoms with Gasteiger partial charge in [-0.05, 0) is 43.4 Å². The summed E-state index contributed by atoms with van der Waals surface area (Å²) in [6.45, 7) is 2.26. The molecule has 1 amide bonds. The number of phenols is 1. The average molecular weight is 282 g/mol. The number of rotatable bonds is 2. The lowest BCUT2D eigenvalue weighted by atomic mass is 10.0. The van der Waals surface area contributed by atoms with Crippen molar-refractivity contribution in [2.75, 3.05) is 0 Å². The molecule has 0 heterocycles. The van der Waals surface area contributed by atoms with E-state index < -0.39 is 0 Å². The van der Waals surface area contributed by atoms with Crippen LogP contribution in [0.4, 0.5) is 0 Å². The molecule has 2 N–H and O–H groups in total. The molecule has 1 saturated carbocycles. The number of carbonyl (C=O) groups excluding carboxylic acids is 1. The van der Waals surface area contributed by atoms with E-state index in [2.05, 4.69) is 12.2 Å². The normalized spacial score (nSPS) is 23.7. The highest BCUT2D eigenvalue weighted by atomic mass is 35.5. The Morgan fingerprint density at radius 1 is 1.32 bits per heavy atom. The summed E-state index contributed by atoms with van der Waals surface area (Å²) in [6.07, 6.45) is 5.54. The van der Waals surface area contributed by atoms with E-state index in [1.165, 1.54) is 18.6 Å². The summed E-state index contributed by atoms with van der Waals surface area (Å²) in [4.78, 5) is 12.1. The first-order valence-corrected chi connectivity index (χ1v) is 7.23. The first kappa shape index (κ1) is 14.2. The van der Waals surface area contributed by atoms with Gasteiger partial charge in [0, 0.05) is 11.1 Å². The zero-order valence-corrected chi connectivity index (χ0v) is 11.9. The van der Waals surface area contributed by atoms with Crippen LogP contribution in [0.3, 0.4) is 0 Å². The molecule has 0 bridgehead atoms. The molecule has 104 valence electrons. The molecule has 1 aliphatic carbocycles. The van der Waals surface area contributed by atoms with Crippen LogP contribution < -0.4 is 5.32 Å². The lowest BCUT2D eigenvalue weighted by molar-refractivity contribution is 0.0930. The topological polar surface area (TPSA) is 49.3 Å². The number of phenolic OH excluding ortho intramolecular Hbond substituents is 1. The van der Waals surface area contributed by atoms with Crippen molar-refractivity contribution < 1.29 is 9.90 Å². The van der Waals surface area contributed by atoms with E-state index in [1.807, 2.05) is 0 Å². The van der Waals surface area contributed by atoms with E-state index in [-0.39, 0.29) is 23.3 Å². The first-order valence-electron chi connectivity index (χ1n) is 6.85. The molecule has 2 rings (SSSR count). The summed E-state index contributed by atoms with van der Waals surface area (Å²) in [5, 5.41) is 13.2. The number of benzene rings is 1. The Hall–Kier alpha value is -1.22. The molecule has 19 heavy (non-hydrogen) atoms. The van der Waals surface area contributed by atoms with Crippen LogP contribution in [0.25, 0.3) is 0 Å². The monoisotopic (exact) mass is 281 g/mol. The van der Waals surface area contributed by atoms with Gasteiger partial charge in [0.05, 0.1) is 5.56 Å². The molecule has 1 aliphatic rings. The third-order valence-corrected chi connectivity index (χ3v) is 4.03. The van der Waals surface area contributed by atoms with Crippen LogP contribution in [0.5, 0.6) is 5.75 Å². The van der Waals surface area contributed by atoms with Crippen LogP contribution in [-0.2, 0) is 0 Å². The maximum atomic E-state index is 12.1. The second-order valence-corrected chi connectivity index (χ2v) is 5.88. The molecule has 2 atom stereocenters. The highest BCUT2D eigenvalue weighted by Crippen LogP contribution is 2.25. The van der Waals surface area contributed by atoms with Crippen LogP contribution >= 0.6 is 11.6 Å². The second kappa shape index (κ2) is 6.29. The number of carbonyl (C=O) groups is 1. The minimum atomic E-state index is -0.237. The van der Waals surface area contributed by atoms with E-state index >= 15 is 0 Å². The van der Waals surface area contributed by atoms with Gasteiger partial charge in [0.1, 0.15) is 5.75 Å². The first-order chi connectivity index (χ1) is 9.06. The Labute approximate surface area is 119 Å². The molecule has 3 nitrogen and oxygen atoms in total. The van der Waals surface area contributed by atoms with Crippen molar-refractivity contribution in [1.82, 2.24) is 5.32 Å². The van der Waals surface area contributed by atoms with Gasteiger partial charge >= 0.3 is 0 Å². The average Bonchev–Trinajstić information content (AvgIpc) is 2.57. The molecule has 0 aliphatic heterocycles. The third-order valence-electron chi connectivity index (χ3n) is 3.80. The largest absolute Gasteiger partial charge is 0.507 e. The fourth-order valence-corrected chi connectivity index (χ4v) is 2.76. The van der Waals surface area contributed by atoms with Gasteiger partial charge in [0.25, 0.3) is 5.91 Å². The number of halogens is 1. The molecule has 2 unspecified atom stereocenters. The van der Waals surface area contributed by atoms with E-state index in [0.717, 1.165) is 31.6 Å². The standard InChI is InChI=1S/C15H20ClNO2/c1-10-3-2-4-12(7-5-10)17-15(19)13-9-11(16)6-8-14(13)18/h6,8-10,12,18H,2-5,7H2,1H3,(H,17,19). The van der Waals surface area contributed by atoms with Gasteiger partial charge in [0.2, 0.25) is 0 Å². The Morgan fingerprint density at radius 3 is 2.89 bits per heavy atom. The van der Waals surface area contributed by atoms with Crippen molar-refractivity contribution in [1.29, 1.82) is 0 Å². The fourth-order valence-electron chi connectivity index (χ4n) is 2.58. The highest BCUT2D eigenvalue weighted by molar-refractivity contribution is 6.31. The van der Waals surface area contributed by atoms with Crippen LogP contribution in [0.1, 0.15) is 49.4 Å². The van der Waals surface area contributed by atoms with Gasteiger partial charge in [0.15, 0.2) is 0 Å². The van der Waals surface area contributed by atoms with E-state index in [0.29, 0.717) is 5.02 Å². The van der Waals surface area contributed by atoms with E-state index in [1.54, 1.807) is 6.07 Å². The van der Waals surface area contributed by atoms with Crippen LogP contribution in [0, 0.1) is 5.92 Å². The molecule has 0 radical (unpaired) electrons. The van der Waals surface area contributed by atoms with Gasteiger partial charge in [-0.2, -0.15) is 0 Å². The van der Waals surface area contributed by atoms with Crippen molar-refractivity contribution >= 4 is 17.5 Å². The summed E-state index contributed by atoms with van der Waals surface area (Å²) in [6, 6.07) is 4.73. The number of amides is 1. The third kappa shape index (κ3) is 3.87. The predicted molar refractivity (Wildman–Crippen MR) is 76.6 cm³/mol. The predicted octanol–water partition coefficient (Wildman–Crippen LogP) is 3.74. The summed E-state index contributed by atoms with van der Waals surface area (Å²) in [7, 11) is 0. The Morgan fingerprint density at radius 2 is 2.11 bits per heavy atom. The summed E-state index contributed by atoms with van der Waals surface area (Å²) >= 11 is 5.86. The fraction of sp³-hybridized carbons (Fsp3) is 0.533. The summed E-state index contributed by atoms with van der Waals surface area (Å²) in [5.74, 6) is 0.477. The van der Waals surface area contributed by atoms with Crippen LogP contribution in [-0.4, -0.2) is 17.1 Å². The minimum Gasteiger partial charge on any atom is -0.507 e. The Balaban J connectivity index is 2.02. The molecule has 0 saturated heterocycles. The van der Waals surface area contributed by atoms with E-state index in [9.17, 15) is 9.90 Å². The molecule has 1 aromatic carbocycles. The highest BCUT2D eigenvalue weighted by Gasteiger charge is 2.20. The van der Waals surface area contributed by atoms with Gasteiger partial charge in [-0.15, -0.1) is 0 Å². The van der Waals surface area contributed by atoms with Crippen molar-refractivity contribution in [2.24, 2.45) is 5.92 Å². The number of hydrogen-bond donors (Lipinski definition) is 2. The molecule has 1 fully saturated rings. The van der Waals surface area contributed by atoms with Crippen molar-refractivity contribution in [3.8, 4) is 5.75 Å². The maximum absolute atomic E-state index is 12.1. The van der Waals surface area contributed by atoms with Gasteiger partial charge in [-0.25, -0.2) is 0 Å². The van der Waals surface area contributed by atoms with Crippen LogP contribution in [0.2, 0.25) is 5.02 Å². The van der Waals surface area contributed by atoms with Gasteiger partial charge < -0.3 is 10.4 Å². The molecule has 0 aromatic heterocycles.